The Kier molecular flexibility index (Phi) is 5.00. The van der Waals surface area contributed by atoms with Crippen molar-refractivity contribution in [2.24, 2.45) is 5.92 Å². The van der Waals surface area contributed by atoms with E-state index in [0.717, 1.165) is 37.9 Å². The normalized spacial score (nSPS) is 24.6. The molecule has 0 amide bonds. The third-order valence-electron chi connectivity index (χ3n) is 4.40. The molecule has 1 heterocycles. The van der Waals surface area contributed by atoms with Crippen molar-refractivity contribution in [3.8, 4) is 0 Å². The monoisotopic (exact) mass is 262 g/mol. The van der Waals surface area contributed by atoms with E-state index in [4.69, 9.17) is 4.74 Å². The van der Waals surface area contributed by atoms with Crippen molar-refractivity contribution >= 4 is 0 Å². The number of hydrogen-bond acceptors (Lipinski definition) is 2. The summed E-state index contributed by atoms with van der Waals surface area (Å²) in [6.07, 6.45) is 3.87. The molecule has 1 aliphatic heterocycles. The minimum absolute atomic E-state index is 0.214. The summed E-state index contributed by atoms with van der Waals surface area (Å²) >= 11 is 0. The quantitative estimate of drug-likeness (QED) is 0.877. The molecule has 0 aliphatic carbocycles. The summed E-state index contributed by atoms with van der Waals surface area (Å²) in [6.45, 7) is 7.28. The minimum Gasteiger partial charge on any atom is -0.388 e. The van der Waals surface area contributed by atoms with Crippen LogP contribution >= 0.6 is 0 Å². The Morgan fingerprint density at radius 3 is 2.58 bits per heavy atom. The average Bonchev–Trinajstić information content (AvgIpc) is 2.94. The molecule has 1 fully saturated rings. The molecule has 3 atom stereocenters. The van der Waals surface area contributed by atoms with Crippen LogP contribution in [0.25, 0.3) is 0 Å². The summed E-state index contributed by atoms with van der Waals surface area (Å²) in [5, 5.41) is 10.6. The molecule has 1 aromatic rings. The highest BCUT2D eigenvalue weighted by molar-refractivity contribution is 5.33. The fraction of sp³-hybridized carbons (Fsp3) is 0.647. The predicted octanol–water partition coefficient (Wildman–Crippen LogP) is 3.66. The van der Waals surface area contributed by atoms with Crippen LogP contribution in [0.2, 0.25) is 0 Å². The van der Waals surface area contributed by atoms with E-state index in [1.165, 1.54) is 11.1 Å². The number of benzene rings is 1. The number of aliphatic hydroxyl groups is 1. The van der Waals surface area contributed by atoms with E-state index in [-0.39, 0.29) is 18.1 Å². The first-order valence-electron chi connectivity index (χ1n) is 7.62. The molecular weight excluding hydrogens is 236 g/mol. The van der Waals surface area contributed by atoms with Crippen molar-refractivity contribution in [2.75, 3.05) is 6.61 Å². The topological polar surface area (TPSA) is 29.5 Å². The molecular formula is C17H26O2. The third kappa shape index (κ3) is 3.01. The van der Waals surface area contributed by atoms with Crippen LogP contribution in [-0.2, 0) is 17.6 Å². The Morgan fingerprint density at radius 2 is 1.95 bits per heavy atom. The van der Waals surface area contributed by atoms with Gasteiger partial charge in [-0.3, -0.25) is 0 Å². The Balaban J connectivity index is 2.21. The first-order valence-corrected chi connectivity index (χ1v) is 7.62. The molecule has 0 radical (unpaired) electrons. The largest absolute Gasteiger partial charge is 0.388 e. The molecule has 1 saturated heterocycles. The van der Waals surface area contributed by atoms with Gasteiger partial charge in [0.2, 0.25) is 0 Å². The van der Waals surface area contributed by atoms with Crippen molar-refractivity contribution in [1.82, 2.24) is 0 Å². The zero-order valence-corrected chi connectivity index (χ0v) is 12.4. The molecule has 2 rings (SSSR count). The number of aliphatic hydroxyl groups excluding tert-OH is 1. The van der Waals surface area contributed by atoms with Crippen molar-refractivity contribution in [3.63, 3.8) is 0 Å². The lowest BCUT2D eigenvalue weighted by Crippen LogP contribution is -2.22. The van der Waals surface area contributed by atoms with Gasteiger partial charge in [-0.25, -0.2) is 0 Å². The molecule has 0 saturated carbocycles. The van der Waals surface area contributed by atoms with E-state index in [0.29, 0.717) is 0 Å². The summed E-state index contributed by atoms with van der Waals surface area (Å²) in [4.78, 5) is 0. The van der Waals surface area contributed by atoms with Crippen LogP contribution in [0.4, 0.5) is 0 Å². The number of rotatable bonds is 5. The van der Waals surface area contributed by atoms with Crippen LogP contribution in [-0.4, -0.2) is 17.8 Å². The van der Waals surface area contributed by atoms with Crippen molar-refractivity contribution in [1.29, 1.82) is 0 Å². The number of aryl methyl sites for hydroxylation is 2. The lowest BCUT2D eigenvalue weighted by Gasteiger charge is -2.24. The van der Waals surface area contributed by atoms with Crippen LogP contribution in [0, 0.1) is 5.92 Å². The maximum Gasteiger partial charge on any atom is 0.0843 e. The summed E-state index contributed by atoms with van der Waals surface area (Å²) in [5.74, 6) is 0.252. The molecule has 2 nitrogen and oxygen atoms in total. The van der Waals surface area contributed by atoms with Crippen LogP contribution in [0.15, 0.2) is 18.2 Å². The van der Waals surface area contributed by atoms with Gasteiger partial charge in [0.1, 0.15) is 0 Å². The molecule has 0 spiro atoms. The second kappa shape index (κ2) is 6.53. The molecule has 0 bridgehead atoms. The SMILES string of the molecule is CCc1ccc(C(O)C2CCOC2CC)cc1CC. The van der Waals surface area contributed by atoms with E-state index >= 15 is 0 Å². The van der Waals surface area contributed by atoms with Gasteiger partial charge in [-0.15, -0.1) is 0 Å². The molecule has 2 heteroatoms. The van der Waals surface area contributed by atoms with Crippen LogP contribution in [0.3, 0.4) is 0 Å². The van der Waals surface area contributed by atoms with Crippen molar-refractivity contribution < 1.29 is 9.84 Å². The Morgan fingerprint density at radius 1 is 1.21 bits per heavy atom. The van der Waals surface area contributed by atoms with Gasteiger partial charge >= 0.3 is 0 Å². The molecule has 0 aromatic heterocycles. The van der Waals surface area contributed by atoms with Crippen LogP contribution < -0.4 is 0 Å². The van der Waals surface area contributed by atoms with Crippen LogP contribution in [0.5, 0.6) is 0 Å². The van der Waals surface area contributed by atoms with Gasteiger partial charge in [-0.2, -0.15) is 0 Å². The zero-order chi connectivity index (χ0) is 13.8. The van der Waals surface area contributed by atoms with Gasteiger partial charge in [0, 0.05) is 12.5 Å². The summed E-state index contributed by atoms with van der Waals surface area (Å²) < 4.78 is 5.70. The molecule has 19 heavy (non-hydrogen) atoms. The van der Waals surface area contributed by atoms with Crippen molar-refractivity contribution in [3.05, 3.63) is 34.9 Å². The highest BCUT2D eigenvalue weighted by Crippen LogP contribution is 2.35. The highest BCUT2D eigenvalue weighted by Gasteiger charge is 2.33. The Labute approximate surface area is 116 Å². The highest BCUT2D eigenvalue weighted by atomic mass is 16.5. The maximum absolute atomic E-state index is 10.6. The first kappa shape index (κ1) is 14.5. The van der Waals surface area contributed by atoms with Gasteiger partial charge in [0.05, 0.1) is 12.2 Å². The average molecular weight is 262 g/mol. The second-order valence-electron chi connectivity index (χ2n) is 5.45. The fourth-order valence-corrected chi connectivity index (χ4v) is 3.20. The summed E-state index contributed by atoms with van der Waals surface area (Å²) in [6, 6.07) is 6.45. The second-order valence-corrected chi connectivity index (χ2v) is 5.45. The van der Waals surface area contributed by atoms with Gasteiger partial charge < -0.3 is 9.84 Å². The summed E-state index contributed by atoms with van der Waals surface area (Å²) in [7, 11) is 0. The molecule has 1 N–H and O–H groups in total. The van der Waals surface area contributed by atoms with E-state index in [2.05, 4.69) is 39.0 Å². The maximum atomic E-state index is 10.6. The van der Waals surface area contributed by atoms with Gasteiger partial charge in [-0.1, -0.05) is 39.0 Å². The lowest BCUT2D eigenvalue weighted by molar-refractivity contribution is 0.0307. The van der Waals surface area contributed by atoms with E-state index in [9.17, 15) is 5.11 Å². The first-order chi connectivity index (χ1) is 9.21. The number of ether oxygens (including phenoxy) is 1. The Hall–Kier alpha value is -0.860. The molecule has 1 aliphatic rings. The minimum atomic E-state index is -0.386. The van der Waals surface area contributed by atoms with E-state index < -0.39 is 0 Å². The van der Waals surface area contributed by atoms with E-state index in [1.807, 2.05) is 0 Å². The standard InChI is InChI=1S/C17H26O2/c1-4-12-7-8-14(11-13(12)5-2)17(18)15-9-10-19-16(15)6-3/h7-8,11,15-18H,4-6,9-10H2,1-3H3. The fourth-order valence-electron chi connectivity index (χ4n) is 3.20. The van der Waals surface area contributed by atoms with E-state index in [1.54, 1.807) is 0 Å². The van der Waals surface area contributed by atoms with Gasteiger partial charge in [0.15, 0.2) is 0 Å². The summed E-state index contributed by atoms with van der Waals surface area (Å²) in [5.41, 5.74) is 3.82. The Bertz CT molecular complexity index is 414. The lowest BCUT2D eigenvalue weighted by atomic mass is 9.87. The smallest absolute Gasteiger partial charge is 0.0843 e. The zero-order valence-electron chi connectivity index (χ0n) is 12.4. The van der Waals surface area contributed by atoms with Crippen LogP contribution in [0.1, 0.15) is 56.4 Å². The van der Waals surface area contributed by atoms with Gasteiger partial charge in [0.25, 0.3) is 0 Å². The molecule has 1 aromatic carbocycles. The molecule has 3 unspecified atom stereocenters. The number of hydrogen-bond donors (Lipinski definition) is 1. The van der Waals surface area contributed by atoms with Gasteiger partial charge in [-0.05, 0) is 42.4 Å². The van der Waals surface area contributed by atoms with Crippen molar-refractivity contribution in [2.45, 2.75) is 58.7 Å². The third-order valence-corrected chi connectivity index (χ3v) is 4.40. The molecule has 106 valence electrons. The predicted molar refractivity (Wildman–Crippen MR) is 78.3 cm³/mol.